The van der Waals surface area contributed by atoms with Crippen LogP contribution in [0.25, 0.3) is 0 Å². The van der Waals surface area contributed by atoms with Crippen molar-refractivity contribution >= 4 is 23.2 Å². The summed E-state index contributed by atoms with van der Waals surface area (Å²) in [5.41, 5.74) is 4.93. The average molecular weight is 408 g/mol. The van der Waals surface area contributed by atoms with Gasteiger partial charge < -0.3 is 10.1 Å². The maximum atomic E-state index is 12.3. The first-order valence-corrected chi connectivity index (χ1v) is 10.0. The van der Waals surface area contributed by atoms with Crippen molar-refractivity contribution < 1.29 is 9.53 Å². The lowest BCUT2D eigenvalue weighted by Gasteiger charge is -2.26. The Morgan fingerprint density at radius 3 is 2.21 bits per heavy atom. The molecule has 1 amide bonds. The first-order chi connectivity index (χ1) is 13.8. The van der Waals surface area contributed by atoms with E-state index in [4.69, 9.17) is 16.3 Å². The summed E-state index contributed by atoms with van der Waals surface area (Å²) in [5, 5.41) is 3.37. The van der Waals surface area contributed by atoms with Crippen LogP contribution in [0.1, 0.15) is 36.1 Å². The van der Waals surface area contributed by atoms with Crippen molar-refractivity contribution in [3.8, 4) is 5.75 Å². The highest BCUT2D eigenvalue weighted by molar-refractivity contribution is 6.34. The van der Waals surface area contributed by atoms with Gasteiger partial charge in [-0.15, -0.1) is 0 Å². The van der Waals surface area contributed by atoms with Crippen LogP contribution in [0.5, 0.6) is 5.75 Å². The molecule has 0 aliphatic rings. The highest BCUT2D eigenvalue weighted by Crippen LogP contribution is 2.32. The van der Waals surface area contributed by atoms with Crippen LogP contribution in [-0.4, -0.2) is 12.5 Å². The molecule has 0 atom stereocenters. The maximum absolute atomic E-state index is 12.3. The first kappa shape index (κ1) is 20.9. The molecule has 0 saturated heterocycles. The number of rotatable bonds is 6. The smallest absolute Gasteiger partial charge is 0.262 e. The molecule has 3 aromatic carbocycles. The Hall–Kier alpha value is -2.78. The number of aryl methyl sites for hydroxylation is 2. The standard InChI is InChI=1S/C25H26ClNO2/c1-17-14-18(2)24(22(26)15-17)27-23(28)16-29-21-12-10-20(11-13-21)25(3,4)19-8-6-5-7-9-19/h5-15H,16H2,1-4H3,(H,27,28). The molecule has 0 aliphatic carbocycles. The van der Waals surface area contributed by atoms with Gasteiger partial charge in [0.2, 0.25) is 0 Å². The number of benzene rings is 3. The second-order valence-electron chi connectivity index (χ2n) is 7.79. The van der Waals surface area contributed by atoms with Gasteiger partial charge in [0.1, 0.15) is 5.75 Å². The third-order valence-electron chi connectivity index (χ3n) is 5.14. The molecule has 0 saturated carbocycles. The van der Waals surface area contributed by atoms with Crippen LogP contribution in [0.2, 0.25) is 5.02 Å². The molecule has 0 fully saturated rings. The Balaban J connectivity index is 1.63. The van der Waals surface area contributed by atoms with E-state index < -0.39 is 0 Å². The summed E-state index contributed by atoms with van der Waals surface area (Å²) in [4.78, 5) is 12.3. The molecule has 0 aliphatic heterocycles. The van der Waals surface area contributed by atoms with Crippen LogP contribution in [0.4, 0.5) is 5.69 Å². The lowest BCUT2D eigenvalue weighted by molar-refractivity contribution is -0.118. The molecule has 0 unspecified atom stereocenters. The Morgan fingerprint density at radius 2 is 1.59 bits per heavy atom. The van der Waals surface area contributed by atoms with Gasteiger partial charge in [0, 0.05) is 5.41 Å². The van der Waals surface area contributed by atoms with Gasteiger partial charge in [0.15, 0.2) is 6.61 Å². The van der Waals surface area contributed by atoms with E-state index in [0.717, 1.165) is 11.1 Å². The average Bonchev–Trinajstić information content (AvgIpc) is 2.70. The molecule has 0 spiro atoms. The summed E-state index contributed by atoms with van der Waals surface area (Å²) in [6.45, 7) is 8.20. The van der Waals surface area contributed by atoms with E-state index in [-0.39, 0.29) is 17.9 Å². The molecule has 0 radical (unpaired) electrons. The monoisotopic (exact) mass is 407 g/mol. The highest BCUT2D eigenvalue weighted by Gasteiger charge is 2.22. The molecule has 3 nitrogen and oxygen atoms in total. The van der Waals surface area contributed by atoms with Gasteiger partial charge in [-0.3, -0.25) is 4.79 Å². The zero-order valence-electron chi connectivity index (χ0n) is 17.3. The predicted molar refractivity (Wildman–Crippen MR) is 120 cm³/mol. The number of ether oxygens (including phenoxy) is 1. The van der Waals surface area contributed by atoms with Crippen LogP contribution < -0.4 is 10.1 Å². The van der Waals surface area contributed by atoms with Gasteiger partial charge in [-0.2, -0.15) is 0 Å². The van der Waals surface area contributed by atoms with Crippen LogP contribution in [0.15, 0.2) is 66.7 Å². The zero-order valence-corrected chi connectivity index (χ0v) is 18.0. The second kappa shape index (κ2) is 8.71. The van der Waals surface area contributed by atoms with Gasteiger partial charge in [0.05, 0.1) is 10.7 Å². The van der Waals surface area contributed by atoms with Gasteiger partial charge >= 0.3 is 0 Å². The Labute approximate surface area is 177 Å². The third-order valence-corrected chi connectivity index (χ3v) is 5.44. The molecule has 3 aromatic rings. The van der Waals surface area contributed by atoms with Crippen molar-refractivity contribution in [3.05, 3.63) is 94.0 Å². The predicted octanol–water partition coefficient (Wildman–Crippen LogP) is 6.30. The largest absolute Gasteiger partial charge is 0.484 e. The Morgan fingerprint density at radius 1 is 0.966 bits per heavy atom. The van der Waals surface area contributed by atoms with Crippen LogP contribution in [0.3, 0.4) is 0 Å². The first-order valence-electron chi connectivity index (χ1n) is 9.63. The quantitative estimate of drug-likeness (QED) is 0.520. The normalized spacial score (nSPS) is 11.2. The number of halogens is 1. The molecule has 29 heavy (non-hydrogen) atoms. The number of hydrogen-bond acceptors (Lipinski definition) is 2. The van der Waals surface area contributed by atoms with E-state index in [0.29, 0.717) is 16.5 Å². The summed E-state index contributed by atoms with van der Waals surface area (Å²) >= 11 is 6.25. The SMILES string of the molecule is Cc1cc(C)c(NC(=O)COc2ccc(C(C)(C)c3ccccc3)cc2)c(Cl)c1. The fraction of sp³-hybridized carbons (Fsp3) is 0.240. The number of anilines is 1. The van der Waals surface area contributed by atoms with E-state index in [1.165, 1.54) is 11.1 Å². The minimum atomic E-state index is -0.243. The van der Waals surface area contributed by atoms with Crippen LogP contribution in [0, 0.1) is 13.8 Å². The van der Waals surface area contributed by atoms with Crippen molar-refractivity contribution in [2.75, 3.05) is 11.9 Å². The molecular formula is C25H26ClNO2. The molecular weight excluding hydrogens is 382 g/mol. The molecule has 0 bridgehead atoms. The number of carbonyl (C=O) groups excluding carboxylic acids is 1. The molecule has 150 valence electrons. The van der Waals surface area contributed by atoms with Crippen LogP contribution >= 0.6 is 11.6 Å². The third kappa shape index (κ3) is 4.99. The summed E-state index contributed by atoms with van der Waals surface area (Å²) in [6.07, 6.45) is 0. The minimum Gasteiger partial charge on any atom is -0.484 e. The second-order valence-corrected chi connectivity index (χ2v) is 8.20. The fourth-order valence-electron chi connectivity index (χ4n) is 3.39. The van der Waals surface area contributed by atoms with E-state index in [2.05, 4.69) is 43.4 Å². The topological polar surface area (TPSA) is 38.3 Å². The Bertz CT molecular complexity index is 972. The fourth-order valence-corrected chi connectivity index (χ4v) is 3.76. The van der Waals surface area contributed by atoms with E-state index in [9.17, 15) is 4.79 Å². The van der Waals surface area contributed by atoms with Crippen molar-refractivity contribution in [2.45, 2.75) is 33.1 Å². The molecule has 0 heterocycles. The Kier molecular flexibility index (Phi) is 6.29. The van der Waals surface area contributed by atoms with Gasteiger partial charge in [-0.05, 0) is 54.3 Å². The molecule has 3 rings (SSSR count). The summed E-state index contributed by atoms with van der Waals surface area (Å²) in [5.74, 6) is 0.409. The number of amides is 1. The van der Waals surface area contributed by atoms with Crippen molar-refractivity contribution in [3.63, 3.8) is 0 Å². The highest BCUT2D eigenvalue weighted by atomic mass is 35.5. The van der Waals surface area contributed by atoms with Gasteiger partial charge in [-0.25, -0.2) is 0 Å². The van der Waals surface area contributed by atoms with E-state index in [1.54, 1.807) is 0 Å². The van der Waals surface area contributed by atoms with Crippen molar-refractivity contribution in [2.24, 2.45) is 0 Å². The maximum Gasteiger partial charge on any atom is 0.262 e. The van der Waals surface area contributed by atoms with Gasteiger partial charge in [-0.1, -0.05) is 74.0 Å². The lowest BCUT2D eigenvalue weighted by atomic mass is 9.78. The molecule has 1 N–H and O–H groups in total. The van der Waals surface area contributed by atoms with Crippen LogP contribution in [-0.2, 0) is 10.2 Å². The summed E-state index contributed by atoms with van der Waals surface area (Å²) in [6, 6.07) is 22.1. The molecule has 0 aromatic heterocycles. The number of hydrogen-bond donors (Lipinski definition) is 1. The summed E-state index contributed by atoms with van der Waals surface area (Å²) in [7, 11) is 0. The lowest BCUT2D eigenvalue weighted by Crippen LogP contribution is -2.21. The number of nitrogens with one attached hydrogen (secondary N) is 1. The van der Waals surface area contributed by atoms with Crippen molar-refractivity contribution in [1.82, 2.24) is 0 Å². The van der Waals surface area contributed by atoms with E-state index in [1.807, 2.05) is 56.3 Å². The minimum absolute atomic E-state index is 0.0783. The van der Waals surface area contributed by atoms with Gasteiger partial charge in [0.25, 0.3) is 5.91 Å². The van der Waals surface area contributed by atoms with Crippen molar-refractivity contribution in [1.29, 1.82) is 0 Å². The summed E-state index contributed by atoms with van der Waals surface area (Å²) < 4.78 is 5.66. The zero-order chi connectivity index (χ0) is 21.0. The number of carbonyl (C=O) groups is 1. The van der Waals surface area contributed by atoms with E-state index >= 15 is 0 Å². The molecule has 4 heteroatoms.